The van der Waals surface area contributed by atoms with Crippen LogP contribution in [0.2, 0.25) is 0 Å². The molecule has 1 amide bonds. The molecule has 18 heavy (non-hydrogen) atoms. The monoisotopic (exact) mass is 262 g/mol. The average molecular weight is 262 g/mol. The van der Waals surface area contributed by atoms with Crippen LogP contribution in [0.3, 0.4) is 0 Å². The van der Waals surface area contributed by atoms with Gasteiger partial charge < -0.3 is 9.47 Å². The van der Waals surface area contributed by atoms with Crippen molar-refractivity contribution >= 4 is 28.9 Å². The molecule has 1 N–H and O–H groups in total. The molecule has 0 saturated heterocycles. The molecule has 6 heteroatoms. The lowest BCUT2D eigenvalue weighted by molar-refractivity contribution is -0.115. The molecule has 0 fully saturated rings. The summed E-state index contributed by atoms with van der Waals surface area (Å²) in [5.41, 5.74) is 1.26. The minimum atomic E-state index is -0.183. The van der Waals surface area contributed by atoms with Crippen molar-refractivity contribution in [3.63, 3.8) is 0 Å². The zero-order valence-corrected chi connectivity index (χ0v) is 10.4. The Kier molecular flexibility index (Phi) is 2.71. The van der Waals surface area contributed by atoms with E-state index in [2.05, 4.69) is 10.3 Å². The Bertz CT molecular complexity index is 581. The fourth-order valence-corrected chi connectivity index (χ4v) is 2.09. The molecule has 2 heterocycles. The lowest BCUT2D eigenvalue weighted by Gasteiger charge is -1.98. The fraction of sp³-hybridized carbons (Fsp3) is 0.167. The molecule has 0 aromatic heterocycles. The number of hydrogen-bond acceptors (Lipinski definition) is 5. The normalized spacial score (nSPS) is 19.1. The number of hydrogen-bond donors (Lipinski definition) is 1. The molecule has 0 aliphatic carbocycles. The SMILES string of the molecule is CSC1=N/C(=C\c2ccc3c(c2)OCO3)C(=O)N1. The zero-order valence-electron chi connectivity index (χ0n) is 9.60. The predicted octanol–water partition coefficient (Wildman–Crippen LogP) is 1.60. The number of thioether (sulfide) groups is 1. The number of nitrogens with zero attached hydrogens (tertiary/aromatic N) is 1. The quantitative estimate of drug-likeness (QED) is 0.781. The molecule has 0 atom stereocenters. The van der Waals surface area contributed by atoms with E-state index < -0.39 is 0 Å². The molecule has 2 aliphatic heterocycles. The number of amidine groups is 1. The second-order valence-electron chi connectivity index (χ2n) is 3.72. The number of fused-ring (bicyclic) bond motifs is 1. The van der Waals surface area contributed by atoms with Gasteiger partial charge in [0.1, 0.15) is 5.70 Å². The number of carbonyl (C=O) groups excluding carboxylic acids is 1. The van der Waals surface area contributed by atoms with Gasteiger partial charge in [0.05, 0.1) is 0 Å². The minimum Gasteiger partial charge on any atom is -0.454 e. The van der Waals surface area contributed by atoms with Crippen LogP contribution in [0.15, 0.2) is 28.9 Å². The highest BCUT2D eigenvalue weighted by Gasteiger charge is 2.19. The van der Waals surface area contributed by atoms with Gasteiger partial charge in [-0.2, -0.15) is 0 Å². The number of benzene rings is 1. The van der Waals surface area contributed by atoms with Crippen molar-refractivity contribution in [1.29, 1.82) is 0 Å². The standard InChI is InChI=1S/C12H10N2O3S/c1-18-12-13-8(11(15)14-12)4-7-2-3-9-10(5-7)17-6-16-9/h2-5H,6H2,1H3,(H,13,14,15)/b8-4-. The van der Waals surface area contributed by atoms with Crippen LogP contribution in [0.5, 0.6) is 11.5 Å². The summed E-state index contributed by atoms with van der Waals surface area (Å²) >= 11 is 1.40. The van der Waals surface area contributed by atoms with Gasteiger partial charge in [-0.25, -0.2) is 4.99 Å². The highest BCUT2D eigenvalue weighted by molar-refractivity contribution is 8.13. The van der Waals surface area contributed by atoms with E-state index in [1.807, 2.05) is 24.5 Å². The number of carbonyl (C=O) groups is 1. The van der Waals surface area contributed by atoms with Crippen LogP contribution in [0, 0.1) is 0 Å². The average Bonchev–Trinajstić information content (AvgIpc) is 2.96. The molecular formula is C12H10N2O3S. The van der Waals surface area contributed by atoms with Crippen LogP contribution < -0.4 is 14.8 Å². The third kappa shape index (κ3) is 1.95. The third-order valence-electron chi connectivity index (χ3n) is 2.57. The summed E-state index contributed by atoms with van der Waals surface area (Å²) < 4.78 is 10.5. The van der Waals surface area contributed by atoms with E-state index in [1.165, 1.54) is 11.8 Å². The van der Waals surface area contributed by atoms with Crippen molar-refractivity contribution in [1.82, 2.24) is 5.32 Å². The Morgan fingerprint density at radius 1 is 1.39 bits per heavy atom. The van der Waals surface area contributed by atoms with E-state index >= 15 is 0 Å². The smallest absolute Gasteiger partial charge is 0.275 e. The Morgan fingerprint density at radius 3 is 3.00 bits per heavy atom. The van der Waals surface area contributed by atoms with E-state index in [1.54, 1.807) is 6.08 Å². The molecule has 5 nitrogen and oxygen atoms in total. The summed E-state index contributed by atoms with van der Waals surface area (Å²) in [5, 5.41) is 3.29. The van der Waals surface area contributed by atoms with Gasteiger partial charge in [0.25, 0.3) is 5.91 Å². The second-order valence-corrected chi connectivity index (χ2v) is 4.51. The summed E-state index contributed by atoms with van der Waals surface area (Å²) in [6, 6.07) is 5.51. The maximum absolute atomic E-state index is 11.6. The van der Waals surface area contributed by atoms with Gasteiger partial charge in [0.2, 0.25) is 6.79 Å². The first-order valence-electron chi connectivity index (χ1n) is 5.31. The van der Waals surface area contributed by atoms with Crippen molar-refractivity contribution < 1.29 is 14.3 Å². The Morgan fingerprint density at radius 2 is 2.22 bits per heavy atom. The topological polar surface area (TPSA) is 59.9 Å². The minimum absolute atomic E-state index is 0.183. The summed E-state index contributed by atoms with van der Waals surface area (Å²) in [4.78, 5) is 15.8. The second kappa shape index (κ2) is 4.38. The molecule has 2 aliphatic rings. The van der Waals surface area contributed by atoms with E-state index in [-0.39, 0.29) is 12.7 Å². The van der Waals surface area contributed by atoms with Crippen LogP contribution >= 0.6 is 11.8 Å². The number of nitrogens with one attached hydrogen (secondary N) is 1. The van der Waals surface area contributed by atoms with Crippen LogP contribution in [0.4, 0.5) is 0 Å². The van der Waals surface area contributed by atoms with Crippen LogP contribution in [0.25, 0.3) is 6.08 Å². The number of amides is 1. The number of rotatable bonds is 1. The zero-order chi connectivity index (χ0) is 12.5. The molecule has 0 bridgehead atoms. The van der Waals surface area contributed by atoms with Gasteiger partial charge in [0, 0.05) is 0 Å². The summed E-state index contributed by atoms with van der Waals surface area (Å²) in [7, 11) is 0. The lowest BCUT2D eigenvalue weighted by atomic mass is 10.1. The molecule has 0 radical (unpaired) electrons. The van der Waals surface area contributed by atoms with Gasteiger partial charge in [0.15, 0.2) is 16.7 Å². The van der Waals surface area contributed by atoms with Gasteiger partial charge in [-0.15, -0.1) is 0 Å². The lowest BCUT2D eigenvalue weighted by Crippen LogP contribution is -2.21. The number of aliphatic imine (C=N–C) groups is 1. The van der Waals surface area contributed by atoms with E-state index in [4.69, 9.17) is 9.47 Å². The summed E-state index contributed by atoms with van der Waals surface area (Å²) in [5.74, 6) is 1.23. The van der Waals surface area contributed by atoms with Gasteiger partial charge in [-0.3, -0.25) is 10.1 Å². The van der Waals surface area contributed by atoms with E-state index in [0.29, 0.717) is 16.6 Å². The van der Waals surface area contributed by atoms with Crippen molar-refractivity contribution in [3.8, 4) is 11.5 Å². The first kappa shape index (κ1) is 11.2. The molecule has 3 rings (SSSR count). The van der Waals surface area contributed by atoms with E-state index in [0.717, 1.165) is 11.3 Å². The van der Waals surface area contributed by atoms with E-state index in [9.17, 15) is 4.79 Å². The summed E-state index contributed by atoms with van der Waals surface area (Å²) in [6.45, 7) is 0.241. The molecule has 0 spiro atoms. The van der Waals surface area contributed by atoms with Gasteiger partial charge in [-0.1, -0.05) is 17.8 Å². The first-order chi connectivity index (χ1) is 8.76. The van der Waals surface area contributed by atoms with Gasteiger partial charge in [-0.05, 0) is 30.0 Å². The molecule has 0 saturated carbocycles. The predicted molar refractivity (Wildman–Crippen MR) is 69.6 cm³/mol. The summed E-state index contributed by atoms with van der Waals surface area (Å²) in [6.07, 6.45) is 3.59. The van der Waals surface area contributed by atoms with Crippen LogP contribution in [0.1, 0.15) is 5.56 Å². The van der Waals surface area contributed by atoms with Gasteiger partial charge >= 0.3 is 0 Å². The van der Waals surface area contributed by atoms with Crippen LogP contribution in [-0.4, -0.2) is 24.1 Å². The maximum atomic E-state index is 11.6. The molecule has 1 aromatic rings. The Hall–Kier alpha value is -1.95. The Balaban J connectivity index is 1.92. The maximum Gasteiger partial charge on any atom is 0.275 e. The molecule has 0 unspecified atom stereocenters. The molecular weight excluding hydrogens is 252 g/mol. The fourth-order valence-electron chi connectivity index (χ4n) is 1.70. The van der Waals surface area contributed by atoms with Crippen molar-refractivity contribution in [2.45, 2.75) is 0 Å². The van der Waals surface area contributed by atoms with Crippen molar-refractivity contribution in [2.75, 3.05) is 13.0 Å². The van der Waals surface area contributed by atoms with Crippen molar-refractivity contribution in [3.05, 3.63) is 29.5 Å². The third-order valence-corrected chi connectivity index (χ3v) is 3.15. The first-order valence-corrected chi connectivity index (χ1v) is 6.54. The number of ether oxygens (including phenoxy) is 2. The molecule has 1 aromatic carbocycles. The van der Waals surface area contributed by atoms with Crippen LogP contribution in [-0.2, 0) is 4.79 Å². The van der Waals surface area contributed by atoms with Crippen molar-refractivity contribution in [2.24, 2.45) is 4.99 Å². The highest BCUT2D eigenvalue weighted by atomic mass is 32.2. The Labute approximate surface area is 108 Å². The highest BCUT2D eigenvalue weighted by Crippen LogP contribution is 2.33. The largest absolute Gasteiger partial charge is 0.454 e. The molecule has 92 valence electrons.